The zero-order valence-corrected chi connectivity index (χ0v) is 15.6. The Bertz CT molecular complexity index is 835. The molecule has 0 saturated carbocycles. The molecule has 0 aliphatic heterocycles. The van der Waals surface area contributed by atoms with Gasteiger partial charge in [-0.1, -0.05) is 12.1 Å². The number of nitrogens with one attached hydrogen (secondary N) is 1. The fraction of sp³-hybridized carbons (Fsp3) is 0.300. The number of hydrogen-bond acceptors (Lipinski definition) is 4. The Labute approximate surface area is 156 Å². The quantitative estimate of drug-likeness (QED) is 0.775. The number of methoxy groups -OCH3 is 1. The fourth-order valence-electron chi connectivity index (χ4n) is 2.49. The van der Waals surface area contributed by atoms with Crippen molar-refractivity contribution in [1.82, 2.24) is 5.32 Å². The maximum absolute atomic E-state index is 13.2. The van der Waals surface area contributed by atoms with Crippen molar-refractivity contribution in [3.63, 3.8) is 0 Å². The molecule has 2 aromatic rings. The van der Waals surface area contributed by atoms with E-state index in [0.29, 0.717) is 11.5 Å². The van der Waals surface area contributed by atoms with E-state index in [0.717, 1.165) is 12.1 Å². The third-order valence-corrected chi connectivity index (χ3v) is 4.00. The average molecular weight is 375 g/mol. The molecule has 0 aromatic heterocycles. The number of hydrogen-bond donors (Lipinski definition) is 2. The van der Waals surface area contributed by atoms with Crippen LogP contribution in [0.25, 0.3) is 0 Å². The Morgan fingerprint density at radius 3 is 2.26 bits per heavy atom. The number of carboxylic acids is 1. The minimum absolute atomic E-state index is 0.0765. The summed E-state index contributed by atoms with van der Waals surface area (Å²) in [4.78, 5) is 24.5. The van der Waals surface area contributed by atoms with Gasteiger partial charge in [-0.2, -0.15) is 0 Å². The summed E-state index contributed by atoms with van der Waals surface area (Å²) in [6.07, 6.45) is -0.0765. The lowest BCUT2D eigenvalue weighted by Gasteiger charge is -2.27. The minimum atomic E-state index is -1.73. The molecule has 0 heterocycles. The molecule has 0 spiro atoms. The van der Waals surface area contributed by atoms with Crippen LogP contribution in [0.1, 0.15) is 36.7 Å². The first-order chi connectivity index (χ1) is 12.7. The number of carbonyl (C=O) groups excluding carboxylic acids is 1. The highest BCUT2D eigenvalue weighted by molar-refractivity contribution is 5.98. The van der Waals surface area contributed by atoms with Gasteiger partial charge < -0.3 is 19.9 Å². The van der Waals surface area contributed by atoms with Crippen LogP contribution in [0.2, 0.25) is 0 Å². The summed E-state index contributed by atoms with van der Waals surface area (Å²) in [7, 11) is 1.45. The Hall–Kier alpha value is -3.09. The van der Waals surface area contributed by atoms with Gasteiger partial charge >= 0.3 is 5.97 Å². The highest BCUT2D eigenvalue weighted by atomic mass is 19.1. The molecule has 1 amide bonds. The highest BCUT2D eigenvalue weighted by Crippen LogP contribution is 2.30. The summed E-state index contributed by atoms with van der Waals surface area (Å²) in [6, 6.07) is 9.51. The topological polar surface area (TPSA) is 84.9 Å². The number of carboxylic acid groups (broad SMARTS) is 1. The highest BCUT2D eigenvalue weighted by Gasteiger charge is 2.37. The number of ether oxygens (including phenoxy) is 2. The second-order valence-electron chi connectivity index (χ2n) is 6.42. The van der Waals surface area contributed by atoms with Gasteiger partial charge in [0, 0.05) is 5.56 Å². The lowest BCUT2D eigenvalue weighted by Crippen LogP contribution is -2.49. The Morgan fingerprint density at radius 2 is 1.74 bits per heavy atom. The van der Waals surface area contributed by atoms with Crippen LogP contribution < -0.4 is 14.8 Å². The molecule has 0 saturated heterocycles. The van der Waals surface area contributed by atoms with E-state index in [1.54, 1.807) is 6.07 Å². The third-order valence-electron chi connectivity index (χ3n) is 4.00. The van der Waals surface area contributed by atoms with Gasteiger partial charge in [0.15, 0.2) is 17.0 Å². The Morgan fingerprint density at radius 1 is 1.11 bits per heavy atom. The van der Waals surface area contributed by atoms with Gasteiger partial charge in [0.1, 0.15) is 5.82 Å². The molecule has 0 bridgehead atoms. The van der Waals surface area contributed by atoms with E-state index in [2.05, 4.69) is 5.32 Å². The number of aliphatic carboxylic acids is 1. The molecule has 2 aromatic carbocycles. The summed E-state index contributed by atoms with van der Waals surface area (Å²) in [6.45, 7) is 5.07. The van der Waals surface area contributed by atoms with E-state index in [-0.39, 0.29) is 17.2 Å². The van der Waals surface area contributed by atoms with Gasteiger partial charge in [-0.25, -0.2) is 9.18 Å². The third kappa shape index (κ3) is 4.55. The molecule has 6 nitrogen and oxygen atoms in total. The van der Waals surface area contributed by atoms with Crippen molar-refractivity contribution >= 4 is 11.9 Å². The van der Waals surface area contributed by atoms with E-state index >= 15 is 0 Å². The average Bonchev–Trinajstić information content (AvgIpc) is 2.61. The number of carbonyl (C=O) groups is 2. The van der Waals surface area contributed by atoms with E-state index in [1.807, 2.05) is 13.8 Å². The molecule has 144 valence electrons. The molecule has 0 fully saturated rings. The molecular weight excluding hydrogens is 353 g/mol. The van der Waals surface area contributed by atoms with Gasteiger partial charge in [0.2, 0.25) is 0 Å². The van der Waals surface area contributed by atoms with Crippen molar-refractivity contribution in [3.05, 3.63) is 59.4 Å². The fourth-order valence-corrected chi connectivity index (χ4v) is 2.49. The van der Waals surface area contributed by atoms with Crippen LogP contribution >= 0.6 is 0 Å². The predicted molar refractivity (Wildman–Crippen MR) is 97.6 cm³/mol. The van der Waals surface area contributed by atoms with Crippen molar-refractivity contribution in [2.75, 3.05) is 7.11 Å². The predicted octanol–water partition coefficient (Wildman–Crippen LogP) is 3.35. The summed E-state index contributed by atoms with van der Waals surface area (Å²) >= 11 is 0. The molecular formula is C20H22FNO5. The molecule has 0 radical (unpaired) electrons. The van der Waals surface area contributed by atoms with Gasteiger partial charge in [-0.3, -0.25) is 4.79 Å². The van der Waals surface area contributed by atoms with E-state index in [1.165, 1.54) is 38.3 Å². The van der Waals surface area contributed by atoms with Crippen LogP contribution in [-0.2, 0) is 10.3 Å². The largest absolute Gasteiger partial charge is 0.493 e. The first kappa shape index (κ1) is 20.2. The monoisotopic (exact) mass is 375 g/mol. The molecule has 27 heavy (non-hydrogen) atoms. The zero-order valence-electron chi connectivity index (χ0n) is 15.6. The SMILES string of the molecule is COc1cc(C(=O)NC(C)(C(=O)O)c2ccc(F)cc2)ccc1OC(C)C. The lowest BCUT2D eigenvalue weighted by atomic mass is 9.91. The minimum Gasteiger partial charge on any atom is -0.493 e. The molecule has 1 atom stereocenters. The standard InChI is InChI=1S/C20H22FNO5/c1-12(2)27-16-10-5-13(11-17(16)26-4)18(23)22-20(3,19(24)25)14-6-8-15(21)9-7-14/h5-12H,1-4H3,(H,22,23)(H,24,25). The summed E-state index contributed by atoms with van der Waals surface area (Å²) in [5.41, 5.74) is -1.28. The number of benzene rings is 2. The molecule has 2 N–H and O–H groups in total. The van der Waals surface area contributed by atoms with Gasteiger partial charge in [0.05, 0.1) is 13.2 Å². The van der Waals surface area contributed by atoms with Crippen LogP contribution in [0, 0.1) is 5.82 Å². The van der Waals surface area contributed by atoms with Crippen LogP contribution in [-0.4, -0.2) is 30.2 Å². The summed E-state index contributed by atoms with van der Waals surface area (Å²) in [5.74, 6) is -1.55. The second-order valence-corrected chi connectivity index (χ2v) is 6.42. The molecule has 1 unspecified atom stereocenters. The number of halogens is 1. The molecule has 0 aliphatic rings. The van der Waals surface area contributed by atoms with Crippen molar-refractivity contribution in [1.29, 1.82) is 0 Å². The van der Waals surface area contributed by atoms with Crippen molar-refractivity contribution in [3.8, 4) is 11.5 Å². The first-order valence-corrected chi connectivity index (χ1v) is 8.34. The normalized spacial score (nSPS) is 13.0. The van der Waals surface area contributed by atoms with Crippen LogP contribution in [0.3, 0.4) is 0 Å². The maximum atomic E-state index is 13.2. The van der Waals surface area contributed by atoms with Gasteiger partial charge in [0.25, 0.3) is 5.91 Å². The number of amides is 1. The molecule has 7 heteroatoms. The van der Waals surface area contributed by atoms with Crippen LogP contribution in [0.5, 0.6) is 11.5 Å². The van der Waals surface area contributed by atoms with E-state index < -0.39 is 23.2 Å². The maximum Gasteiger partial charge on any atom is 0.333 e. The first-order valence-electron chi connectivity index (χ1n) is 8.34. The summed E-state index contributed by atoms with van der Waals surface area (Å²) < 4.78 is 24.0. The lowest BCUT2D eigenvalue weighted by molar-refractivity contribution is -0.144. The molecule has 0 aliphatic carbocycles. The second kappa shape index (κ2) is 8.07. The number of rotatable bonds is 7. The van der Waals surface area contributed by atoms with Crippen LogP contribution in [0.4, 0.5) is 4.39 Å². The zero-order chi connectivity index (χ0) is 20.2. The van der Waals surface area contributed by atoms with E-state index in [4.69, 9.17) is 9.47 Å². The Kier molecular flexibility index (Phi) is 6.05. The van der Waals surface area contributed by atoms with Gasteiger partial charge in [-0.05, 0) is 56.7 Å². The Balaban J connectivity index is 2.33. The van der Waals surface area contributed by atoms with E-state index in [9.17, 15) is 19.1 Å². The molecule has 2 rings (SSSR count). The van der Waals surface area contributed by atoms with Crippen molar-refractivity contribution in [2.45, 2.75) is 32.4 Å². The van der Waals surface area contributed by atoms with Crippen molar-refractivity contribution < 1.29 is 28.6 Å². The van der Waals surface area contributed by atoms with Gasteiger partial charge in [-0.15, -0.1) is 0 Å². The smallest absolute Gasteiger partial charge is 0.333 e. The van der Waals surface area contributed by atoms with Crippen LogP contribution in [0.15, 0.2) is 42.5 Å². The summed E-state index contributed by atoms with van der Waals surface area (Å²) in [5, 5.41) is 12.1. The van der Waals surface area contributed by atoms with Crippen molar-refractivity contribution in [2.24, 2.45) is 0 Å².